The quantitative estimate of drug-likeness (QED) is 0.563. The summed E-state index contributed by atoms with van der Waals surface area (Å²) in [6.07, 6.45) is 0.842. The van der Waals surface area contributed by atoms with E-state index in [4.69, 9.17) is 9.47 Å². The number of hydrogen-bond acceptors (Lipinski definition) is 4. The van der Waals surface area contributed by atoms with Crippen LogP contribution in [-0.2, 0) is 9.47 Å². The molecule has 0 aliphatic carbocycles. The molecule has 1 rings (SSSR count). The van der Waals surface area contributed by atoms with E-state index in [0.717, 1.165) is 17.7 Å². The SMILES string of the molecule is COCCCOc1ccc(C(=O)OC)cc1C. The summed E-state index contributed by atoms with van der Waals surface area (Å²) >= 11 is 0. The maximum Gasteiger partial charge on any atom is 0.337 e. The Kier molecular flexibility index (Phi) is 5.49. The molecule has 0 saturated heterocycles. The Morgan fingerprint density at radius 1 is 1.24 bits per heavy atom. The van der Waals surface area contributed by atoms with Crippen molar-refractivity contribution in [2.75, 3.05) is 27.4 Å². The van der Waals surface area contributed by atoms with Gasteiger partial charge in [-0.3, -0.25) is 0 Å². The maximum absolute atomic E-state index is 11.3. The first-order valence-corrected chi connectivity index (χ1v) is 5.49. The highest BCUT2D eigenvalue weighted by molar-refractivity contribution is 5.89. The third-order valence-electron chi connectivity index (χ3n) is 2.35. The highest BCUT2D eigenvalue weighted by Crippen LogP contribution is 2.19. The summed E-state index contributed by atoms with van der Waals surface area (Å²) in [5.41, 5.74) is 1.46. The molecule has 0 heterocycles. The average molecular weight is 238 g/mol. The fourth-order valence-electron chi connectivity index (χ4n) is 1.44. The number of aryl methyl sites for hydroxylation is 1. The van der Waals surface area contributed by atoms with E-state index < -0.39 is 0 Å². The Bertz CT molecular complexity index is 374. The van der Waals surface area contributed by atoms with E-state index in [1.54, 1.807) is 25.3 Å². The van der Waals surface area contributed by atoms with Gasteiger partial charge in [0.05, 0.1) is 19.3 Å². The molecule has 0 fully saturated rings. The molecule has 4 nitrogen and oxygen atoms in total. The minimum absolute atomic E-state index is 0.334. The summed E-state index contributed by atoms with van der Waals surface area (Å²) in [5.74, 6) is 0.452. The van der Waals surface area contributed by atoms with E-state index >= 15 is 0 Å². The predicted octanol–water partition coefficient (Wildman–Crippen LogP) is 2.20. The van der Waals surface area contributed by atoms with Crippen LogP contribution in [-0.4, -0.2) is 33.4 Å². The van der Waals surface area contributed by atoms with Gasteiger partial charge in [-0.2, -0.15) is 0 Å². The zero-order valence-corrected chi connectivity index (χ0v) is 10.5. The van der Waals surface area contributed by atoms with Crippen LogP contribution in [0.2, 0.25) is 0 Å². The fourth-order valence-corrected chi connectivity index (χ4v) is 1.44. The fraction of sp³-hybridized carbons (Fsp3) is 0.462. The minimum Gasteiger partial charge on any atom is -0.493 e. The molecule has 0 aliphatic rings. The number of rotatable bonds is 6. The Morgan fingerprint density at radius 3 is 2.59 bits per heavy atom. The van der Waals surface area contributed by atoms with Crippen molar-refractivity contribution in [2.45, 2.75) is 13.3 Å². The van der Waals surface area contributed by atoms with Gasteiger partial charge >= 0.3 is 5.97 Å². The van der Waals surface area contributed by atoms with Crippen LogP contribution in [0.3, 0.4) is 0 Å². The lowest BCUT2D eigenvalue weighted by molar-refractivity contribution is 0.0600. The number of methoxy groups -OCH3 is 2. The Balaban J connectivity index is 2.60. The van der Waals surface area contributed by atoms with Crippen molar-refractivity contribution in [3.05, 3.63) is 29.3 Å². The van der Waals surface area contributed by atoms with Gasteiger partial charge in [-0.25, -0.2) is 4.79 Å². The summed E-state index contributed by atoms with van der Waals surface area (Å²) in [5, 5.41) is 0. The van der Waals surface area contributed by atoms with Crippen molar-refractivity contribution in [2.24, 2.45) is 0 Å². The molecule has 0 atom stereocenters. The normalized spacial score (nSPS) is 10.1. The van der Waals surface area contributed by atoms with E-state index in [0.29, 0.717) is 18.8 Å². The predicted molar refractivity (Wildman–Crippen MR) is 64.5 cm³/mol. The molecule has 0 aromatic heterocycles. The third-order valence-corrected chi connectivity index (χ3v) is 2.35. The van der Waals surface area contributed by atoms with Gasteiger partial charge in [0.1, 0.15) is 5.75 Å². The second-order valence-electron chi connectivity index (χ2n) is 3.67. The number of carbonyl (C=O) groups is 1. The van der Waals surface area contributed by atoms with Crippen molar-refractivity contribution in [1.29, 1.82) is 0 Å². The molecule has 0 bridgehead atoms. The van der Waals surface area contributed by atoms with Gasteiger partial charge in [-0.15, -0.1) is 0 Å². The Morgan fingerprint density at radius 2 is 2.00 bits per heavy atom. The zero-order chi connectivity index (χ0) is 12.7. The molecular weight excluding hydrogens is 220 g/mol. The first-order chi connectivity index (χ1) is 8.19. The van der Waals surface area contributed by atoms with Gasteiger partial charge in [-0.05, 0) is 30.7 Å². The third kappa shape index (κ3) is 4.07. The van der Waals surface area contributed by atoms with E-state index in [1.807, 2.05) is 6.92 Å². The van der Waals surface area contributed by atoms with E-state index in [-0.39, 0.29) is 5.97 Å². The van der Waals surface area contributed by atoms with Gasteiger partial charge in [0.15, 0.2) is 0 Å². The molecule has 4 heteroatoms. The minimum atomic E-state index is -0.334. The van der Waals surface area contributed by atoms with Crippen LogP contribution >= 0.6 is 0 Å². The Hall–Kier alpha value is -1.55. The standard InChI is InChI=1S/C13H18O4/c1-10-9-11(13(14)16-3)5-6-12(10)17-8-4-7-15-2/h5-6,9H,4,7-8H2,1-3H3. The van der Waals surface area contributed by atoms with Crippen molar-refractivity contribution < 1.29 is 19.0 Å². The van der Waals surface area contributed by atoms with Crippen LogP contribution in [0.15, 0.2) is 18.2 Å². The summed E-state index contributed by atoms with van der Waals surface area (Å²) in [6, 6.07) is 5.25. The lowest BCUT2D eigenvalue weighted by Gasteiger charge is -2.09. The molecule has 94 valence electrons. The van der Waals surface area contributed by atoms with Crippen LogP contribution in [0.4, 0.5) is 0 Å². The van der Waals surface area contributed by atoms with E-state index in [2.05, 4.69) is 4.74 Å². The molecule has 0 unspecified atom stereocenters. The van der Waals surface area contributed by atoms with Gasteiger partial charge in [0.2, 0.25) is 0 Å². The monoisotopic (exact) mass is 238 g/mol. The van der Waals surface area contributed by atoms with E-state index in [9.17, 15) is 4.79 Å². The molecule has 0 saturated carbocycles. The molecule has 1 aromatic carbocycles. The molecule has 0 amide bonds. The number of benzene rings is 1. The Labute approximate surface area is 101 Å². The average Bonchev–Trinajstić information content (AvgIpc) is 2.35. The van der Waals surface area contributed by atoms with Crippen LogP contribution in [0.1, 0.15) is 22.3 Å². The summed E-state index contributed by atoms with van der Waals surface area (Å²) in [7, 11) is 3.03. The lowest BCUT2D eigenvalue weighted by Crippen LogP contribution is -2.04. The van der Waals surface area contributed by atoms with Crippen LogP contribution in [0, 0.1) is 6.92 Å². The molecule has 0 N–H and O–H groups in total. The zero-order valence-electron chi connectivity index (χ0n) is 10.5. The van der Waals surface area contributed by atoms with Crippen molar-refractivity contribution in [1.82, 2.24) is 0 Å². The largest absolute Gasteiger partial charge is 0.493 e. The summed E-state index contributed by atoms with van der Waals surface area (Å²) < 4.78 is 15.2. The van der Waals surface area contributed by atoms with Gasteiger partial charge < -0.3 is 14.2 Å². The molecule has 0 radical (unpaired) electrons. The second kappa shape index (κ2) is 6.91. The van der Waals surface area contributed by atoms with Crippen LogP contribution < -0.4 is 4.74 Å². The molecule has 0 aliphatic heterocycles. The number of esters is 1. The smallest absolute Gasteiger partial charge is 0.337 e. The molecule has 17 heavy (non-hydrogen) atoms. The first-order valence-electron chi connectivity index (χ1n) is 5.49. The second-order valence-corrected chi connectivity index (χ2v) is 3.67. The molecular formula is C13H18O4. The highest BCUT2D eigenvalue weighted by atomic mass is 16.5. The topological polar surface area (TPSA) is 44.8 Å². The molecule has 1 aromatic rings. The van der Waals surface area contributed by atoms with E-state index in [1.165, 1.54) is 7.11 Å². The molecule has 0 spiro atoms. The number of ether oxygens (including phenoxy) is 3. The van der Waals surface area contributed by atoms with Gasteiger partial charge in [0, 0.05) is 20.1 Å². The lowest BCUT2D eigenvalue weighted by atomic mass is 10.1. The van der Waals surface area contributed by atoms with Crippen LogP contribution in [0.25, 0.3) is 0 Å². The highest BCUT2D eigenvalue weighted by Gasteiger charge is 2.07. The van der Waals surface area contributed by atoms with Gasteiger partial charge in [-0.1, -0.05) is 0 Å². The van der Waals surface area contributed by atoms with Crippen molar-refractivity contribution in [3.8, 4) is 5.75 Å². The van der Waals surface area contributed by atoms with Gasteiger partial charge in [0.25, 0.3) is 0 Å². The maximum atomic E-state index is 11.3. The number of carbonyl (C=O) groups excluding carboxylic acids is 1. The number of hydrogen-bond donors (Lipinski definition) is 0. The van der Waals surface area contributed by atoms with Crippen LogP contribution in [0.5, 0.6) is 5.75 Å². The van der Waals surface area contributed by atoms with Crippen molar-refractivity contribution in [3.63, 3.8) is 0 Å². The first kappa shape index (κ1) is 13.5. The summed E-state index contributed by atoms with van der Waals surface area (Å²) in [4.78, 5) is 11.3. The van der Waals surface area contributed by atoms with Crippen molar-refractivity contribution >= 4 is 5.97 Å². The summed E-state index contributed by atoms with van der Waals surface area (Å²) in [6.45, 7) is 3.18.